The highest BCUT2D eigenvalue weighted by atomic mass is 16.5. The Balaban J connectivity index is 2.66. The van der Waals surface area contributed by atoms with Gasteiger partial charge in [0.1, 0.15) is 5.75 Å². The summed E-state index contributed by atoms with van der Waals surface area (Å²) in [5.41, 5.74) is 6.23. The first-order valence-electron chi connectivity index (χ1n) is 5.38. The Hall–Kier alpha value is -1.35. The van der Waals surface area contributed by atoms with Crippen LogP contribution < -0.4 is 10.5 Å². The smallest absolute Gasteiger partial charge is 0.163 e. The van der Waals surface area contributed by atoms with Gasteiger partial charge >= 0.3 is 0 Å². The summed E-state index contributed by atoms with van der Waals surface area (Å²) in [7, 11) is 1.59. The Labute approximate surface area is 96.6 Å². The maximum atomic E-state index is 11.8. The number of hydrogen-bond donors (Lipinski definition) is 1. The first kappa shape index (κ1) is 12.7. The summed E-state index contributed by atoms with van der Waals surface area (Å²) in [6.07, 6.45) is 1.15. The molecule has 88 valence electrons. The van der Waals surface area contributed by atoms with Crippen molar-refractivity contribution < 1.29 is 9.53 Å². The highest BCUT2D eigenvalue weighted by Crippen LogP contribution is 2.16. The molecule has 0 aliphatic rings. The minimum atomic E-state index is -0.297. The van der Waals surface area contributed by atoms with Crippen LogP contribution in [0.15, 0.2) is 24.3 Å². The van der Waals surface area contributed by atoms with Crippen molar-refractivity contribution in [1.82, 2.24) is 0 Å². The summed E-state index contributed by atoms with van der Waals surface area (Å²) in [4.78, 5) is 11.8. The molecule has 0 aliphatic heterocycles. The van der Waals surface area contributed by atoms with Crippen LogP contribution >= 0.6 is 0 Å². The van der Waals surface area contributed by atoms with E-state index in [0.29, 0.717) is 24.2 Å². The molecular weight excluding hydrogens is 202 g/mol. The summed E-state index contributed by atoms with van der Waals surface area (Å²) in [6.45, 7) is 3.84. The quantitative estimate of drug-likeness (QED) is 0.777. The summed E-state index contributed by atoms with van der Waals surface area (Å²) >= 11 is 0. The summed E-state index contributed by atoms with van der Waals surface area (Å²) < 4.78 is 5.07. The van der Waals surface area contributed by atoms with E-state index in [0.717, 1.165) is 0 Å². The minimum Gasteiger partial charge on any atom is -0.497 e. The van der Waals surface area contributed by atoms with Crippen molar-refractivity contribution in [2.75, 3.05) is 7.11 Å². The van der Waals surface area contributed by atoms with Crippen LogP contribution in [0, 0.1) is 0 Å². The fourth-order valence-electron chi connectivity index (χ4n) is 1.38. The average Bonchev–Trinajstić information content (AvgIpc) is 2.25. The van der Waals surface area contributed by atoms with Crippen LogP contribution in [0.5, 0.6) is 5.75 Å². The van der Waals surface area contributed by atoms with Gasteiger partial charge in [0.2, 0.25) is 0 Å². The molecule has 0 unspecified atom stereocenters. The lowest BCUT2D eigenvalue weighted by atomic mass is 9.96. The second-order valence-electron chi connectivity index (χ2n) is 4.64. The Morgan fingerprint density at radius 1 is 1.44 bits per heavy atom. The number of benzene rings is 1. The summed E-state index contributed by atoms with van der Waals surface area (Å²) in [5, 5.41) is 0. The third-order valence-electron chi connectivity index (χ3n) is 2.39. The number of ketones is 1. The Kier molecular flexibility index (Phi) is 4.07. The van der Waals surface area contributed by atoms with Gasteiger partial charge in [-0.25, -0.2) is 0 Å². The summed E-state index contributed by atoms with van der Waals surface area (Å²) in [6, 6.07) is 7.20. The molecule has 0 saturated carbocycles. The molecule has 1 aromatic carbocycles. The normalized spacial score (nSPS) is 11.2. The van der Waals surface area contributed by atoms with Gasteiger partial charge in [-0.15, -0.1) is 0 Å². The highest BCUT2D eigenvalue weighted by Gasteiger charge is 2.14. The number of Topliss-reactive ketones (excluding diaryl/α,β-unsaturated/α-hetero) is 1. The Morgan fingerprint density at radius 2 is 2.12 bits per heavy atom. The zero-order chi connectivity index (χ0) is 12.2. The maximum absolute atomic E-state index is 11.8. The zero-order valence-corrected chi connectivity index (χ0v) is 10.1. The largest absolute Gasteiger partial charge is 0.497 e. The van der Waals surface area contributed by atoms with E-state index >= 15 is 0 Å². The molecular formula is C13H19NO2. The first-order valence-corrected chi connectivity index (χ1v) is 5.38. The molecule has 3 heteroatoms. The molecule has 1 aromatic rings. The predicted octanol–water partition coefficient (Wildman–Crippen LogP) is 2.40. The summed E-state index contributed by atoms with van der Waals surface area (Å²) in [5.74, 6) is 0.815. The monoisotopic (exact) mass is 221 g/mol. The molecule has 0 saturated heterocycles. The molecule has 0 spiro atoms. The molecule has 0 atom stereocenters. The topological polar surface area (TPSA) is 52.3 Å². The van der Waals surface area contributed by atoms with E-state index in [1.165, 1.54) is 0 Å². The van der Waals surface area contributed by atoms with Gasteiger partial charge in [0.15, 0.2) is 5.78 Å². The number of hydrogen-bond acceptors (Lipinski definition) is 3. The molecule has 2 N–H and O–H groups in total. The second kappa shape index (κ2) is 5.12. The van der Waals surface area contributed by atoms with E-state index in [2.05, 4.69) is 0 Å². The number of rotatable bonds is 5. The Bertz CT molecular complexity index is 366. The van der Waals surface area contributed by atoms with Gasteiger partial charge < -0.3 is 10.5 Å². The fraction of sp³-hybridized carbons (Fsp3) is 0.462. The number of ether oxygens (including phenoxy) is 1. The van der Waals surface area contributed by atoms with Crippen molar-refractivity contribution in [2.45, 2.75) is 32.2 Å². The lowest BCUT2D eigenvalue weighted by Gasteiger charge is -2.17. The van der Waals surface area contributed by atoms with Gasteiger partial charge in [-0.2, -0.15) is 0 Å². The third kappa shape index (κ3) is 4.03. The standard InChI is InChI=1S/C13H19NO2/c1-13(2,14)8-7-12(15)10-5-4-6-11(9-10)16-3/h4-6,9H,7-8,14H2,1-3H3. The van der Waals surface area contributed by atoms with Gasteiger partial charge in [-0.1, -0.05) is 12.1 Å². The molecule has 0 bridgehead atoms. The van der Waals surface area contributed by atoms with Crippen molar-refractivity contribution >= 4 is 5.78 Å². The lowest BCUT2D eigenvalue weighted by Crippen LogP contribution is -2.32. The van der Waals surface area contributed by atoms with Crippen molar-refractivity contribution in [2.24, 2.45) is 5.73 Å². The van der Waals surface area contributed by atoms with Crippen LogP contribution in [0.2, 0.25) is 0 Å². The molecule has 0 radical (unpaired) electrons. The number of carbonyl (C=O) groups is 1. The van der Waals surface area contributed by atoms with Gasteiger partial charge in [0.25, 0.3) is 0 Å². The van der Waals surface area contributed by atoms with Crippen molar-refractivity contribution in [1.29, 1.82) is 0 Å². The maximum Gasteiger partial charge on any atom is 0.163 e. The first-order chi connectivity index (χ1) is 7.42. The van der Waals surface area contributed by atoms with Crippen LogP contribution in [-0.4, -0.2) is 18.4 Å². The second-order valence-corrected chi connectivity index (χ2v) is 4.64. The third-order valence-corrected chi connectivity index (χ3v) is 2.39. The lowest BCUT2D eigenvalue weighted by molar-refractivity contribution is 0.0972. The SMILES string of the molecule is COc1cccc(C(=O)CCC(C)(C)N)c1. The zero-order valence-electron chi connectivity index (χ0n) is 10.1. The van der Waals surface area contributed by atoms with E-state index < -0.39 is 0 Å². The highest BCUT2D eigenvalue weighted by molar-refractivity contribution is 5.96. The fourth-order valence-corrected chi connectivity index (χ4v) is 1.38. The molecule has 3 nitrogen and oxygen atoms in total. The number of carbonyl (C=O) groups excluding carboxylic acids is 1. The molecule has 0 fully saturated rings. The van der Waals surface area contributed by atoms with Crippen LogP contribution in [-0.2, 0) is 0 Å². The molecule has 0 heterocycles. The number of methoxy groups -OCH3 is 1. The van der Waals surface area contributed by atoms with E-state index in [1.807, 2.05) is 26.0 Å². The van der Waals surface area contributed by atoms with E-state index in [-0.39, 0.29) is 11.3 Å². The molecule has 0 amide bonds. The van der Waals surface area contributed by atoms with Crippen molar-refractivity contribution in [3.63, 3.8) is 0 Å². The molecule has 0 aliphatic carbocycles. The molecule has 0 aromatic heterocycles. The van der Waals surface area contributed by atoms with Gasteiger partial charge in [-0.05, 0) is 32.4 Å². The van der Waals surface area contributed by atoms with E-state index in [9.17, 15) is 4.79 Å². The number of nitrogens with two attached hydrogens (primary N) is 1. The predicted molar refractivity (Wildman–Crippen MR) is 64.8 cm³/mol. The van der Waals surface area contributed by atoms with Crippen LogP contribution in [0.25, 0.3) is 0 Å². The molecule has 1 rings (SSSR count). The van der Waals surface area contributed by atoms with Gasteiger partial charge in [0, 0.05) is 17.5 Å². The van der Waals surface area contributed by atoms with Gasteiger partial charge in [0.05, 0.1) is 7.11 Å². The van der Waals surface area contributed by atoms with Crippen LogP contribution in [0.4, 0.5) is 0 Å². The average molecular weight is 221 g/mol. The van der Waals surface area contributed by atoms with Gasteiger partial charge in [-0.3, -0.25) is 4.79 Å². The van der Waals surface area contributed by atoms with Crippen LogP contribution in [0.3, 0.4) is 0 Å². The van der Waals surface area contributed by atoms with Crippen LogP contribution in [0.1, 0.15) is 37.0 Å². The van der Waals surface area contributed by atoms with Crippen molar-refractivity contribution in [3.05, 3.63) is 29.8 Å². The van der Waals surface area contributed by atoms with E-state index in [1.54, 1.807) is 19.2 Å². The minimum absolute atomic E-state index is 0.109. The van der Waals surface area contributed by atoms with E-state index in [4.69, 9.17) is 10.5 Å². The van der Waals surface area contributed by atoms with Crippen molar-refractivity contribution in [3.8, 4) is 5.75 Å². The Morgan fingerprint density at radius 3 is 2.69 bits per heavy atom. The molecule has 16 heavy (non-hydrogen) atoms.